The van der Waals surface area contributed by atoms with Crippen LogP contribution < -0.4 is 11.1 Å². The van der Waals surface area contributed by atoms with Crippen LogP contribution in [-0.2, 0) is 35.1 Å². The molecular weight excluding hydrogens is 727 g/mol. The van der Waals surface area contributed by atoms with Gasteiger partial charge >= 0.3 is 11.9 Å². The lowest BCUT2D eigenvalue weighted by atomic mass is 9.46. The van der Waals surface area contributed by atoms with Gasteiger partial charge in [0, 0.05) is 53.2 Å². The number of aliphatic hydroxyl groups is 3. The van der Waals surface area contributed by atoms with E-state index in [1.54, 1.807) is 18.5 Å². The molecule has 12 heteroatoms. The molecule has 2 aromatic carbocycles. The number of aromatic nitrogens is 1. The third-order valence-corrected chi connectivity index (χ3v) is 13.6. The van der Waals surface area contributed by atoms with Crippen LogP contribution in [0.25, 0.3) is 10.8 Å². The minimum atomic E-state index is -1.76. The van der Waals surface area contributed by atoms with Crippen LogP contribution in [0.2, 0.25) is 0 Å². The van der Waals surface area contributed by atoms with Crippen LogP contribution in [0.1, 0.15) is 75.8 Å². The van der Waals surface area contributed by atoms with Gasteiger partial charge in [0.15, 0.2) is 6.61 Å². The Hall–Kier alpha value is -4.75. The van der Waals surface area contributed by atoms with Crippen molar-refractivity contribution >= 4 is 40.1 Å². The van der Waals surface area contributed by atoms with Crippen molar-refractivity contribution in [3.8, 4) is 0 Å². The molecule has 9 atom stereocenters. The normalized spacial score (nSPS) is 30.6. The number of esters is 2. The molecule has 3 fully saturated rings. The lowest BCUT2D eigenvalue weighted by Gasteiger charge is -2.59. The van der Waals surface area contributed by atoms with Gasteiger partial charge in [0.05, 0.1) is 37.6 Å². The second kappa shape index (κ2) is 16.2. The smallest absolute Gasteiger partial charge is 0.306 e. The SMILES string of the molecule is C[C@]12C=CC(O)C=C1CC[C@@H]1[C@@H]2[C@@H](O)C[C@@]2(C)[C@H]1CC[C@]2(O)C(=O)COC(=O)CCC(=O)OCCc1ccc(C(CN)C(=O)Nc2ccc3cnccc3c2)cc1. The summed E-state index contributed by atoms with van der Waals surface area (Å²) < 4.78 is 10.6. The molecule has 1 amide bonds. The van der Waals surface area contributed by atoms with Gasteiger partial charge in [-0.25, -0.2) is 0 Å². The highest BCUT2D eigenvalue weighted by Gasteiger charge is 2.68. The molecule has 12 nitrogen and oxygen atoms in total. The maximum absolute atomic E-state index is 13.6. The van der Waals surface area contributed by atoms with Crippen LogP contribution in [0.3, 0.4) is 0 Å². The van der Waals surface area contributed by atoms with E-state index >= 15 is 0 Å². The fourth-order valence-corrected chi connectivity index (χ4v) is 10.5. The topological polar surface area (TPSA) is 198 Å². The molecule has 7 rings (SSSR count). The number of hydrogen-bond donors (Lipinski definition) is 5. The molecule has 0 radical (unpaired) electrons. The Balaban J connectivity index is 0.841. The summed E-state index contributed by atoms with van der Waals surface area (Å²) >= 11 is 0. The van der Waals surface area contributed by atoms with Crippen molar-refractivity contribution in [2.24, 2.45) is 34.3 Å². The Labute approximate surface area is 332 Å². The van der Waals surface area contributed by atoms with Gasteiger partial charge < -0.3 is 35.8 Å². The first-order valence-corrected chi connectivity index (χ1v) is 20.0. The maximum atomic E-state index is 13.6. The fraction of sp³-hybridized carbons (Fsp3) is 0.489. The molecule has 3 aromatic rings. The lowest BCUT2D eigenvalue weighted by molar-refractivity contribution is -0.181. The van der Waals surface area contributed by atoms with Crippen LogP contribution in [0, 0.1) is 28.6 Å². The first kappa shape index (κ1) is 40.4. The number of ether oxygens (including phenoxy) is 2. The largest absolute Gasteiger partial charge is 0.465 e. The van der Waals surface area contributed by atoms with Crippen molar-refractivity contribution in [2.45, 2.75) is 88.9 Å². The Morgan fingerprint density at radius 3 is 2.49 bits per heavy atom. The number of nitrogens with one attached hydrogen (secondary N) is 1. The molecule has 302 valence electrons. The summed E-state index contributed by atoms with van der Waals surface area (Å²) in [7, 11) is 0. The summed E-state index contributed by atoms with van der Waals surface area (Å²) in [5, 5.41) is 38.6. The third-order valence-electron chi connectivity index (χ3n) is 13.6. The molecule has 0 spiro atoms. The zero-order valence-electron chi connectivity index (χ0n) is 32.6. The van der Waals surface area contributed by atoms with Crippen LogP contribution >= 0.6 is 0 Å². The zero-order chi connectivity index (χ0) is 40.5. The Kier molecular flexibility index (Phi) is 11.5. The molecule has 0 saturated heterocycles. The summed E-state index contributed by atoms with van der Waals surface area (Å²) in [6.07, 6.45) is 10.3. The van der Waals surface area contributed by atoms with Gasteiger partial charge in [0.2, 0.25) is 11.7 Å². The number of allylic oxidation sites excluding steroid dienone is 2. The minimum Gasteiger partial charge on any atom is -0.465 e. The van der Waals surface area contributed by atoms with E-state index in [1.165, 1.54) is 0 Å². The van der Waals surface area contributed by atoms with Gasteiger partial charge in [-0.1, -0.05) is 68.0 Å². The monoisotopic (exact) mass is 779 g/mol. The number of amides is 1. The summed E-state index contributed by atoms with van der Waals surface area (Å²) in [5.41, 5.74) is 6.37. The number of rotatable bonds is 13. The summed E-state index contributed by atoms with van der Waals surface area (Å²) in [4.78, 5) is 55.8. The number of Topliss-reactive ketones (excluding diaryl/α,β-unsaturated/α-hetero) is 1. The number of carbonyl (C=O) groups is 4. The Morgan fingerprint density at radius 2 is 1.74 bits per heavy atom. The predicted molar refractivity (Wildman–Crippen MR) is 212 cm³/mol. The number of pyridine rings is 1. The van der Waals surface area contributed by atoms with Gasteiger partial charge in [0.1, 0.15) is 5.60 Å². The second-order valence-electron chi connectivity index (χ2n) is 16.8. The minimum absolute atomic E-state index is 0.00347. The number of fused-ring (bicyclic) bond motifs is 6. The second-order valence-corrected chi connectivity index (χ2v) is 16.8. The van der Waals surface area contributed by atoms with Gasteiger partial charge in [-0.05, 0) is 78.7 Å². The van der Waals surface area contributed by atoms with Gasteiger partial charge in [0.25, 0.3) is 0 Å². The maximum Gasteiger partial charge on any atom is 0.306 e. The average molecular weight is 780 g/mol. The number of hydrogen-bond acceptors (Lipinski definition) is 11. The van der Waals surface area contributed by atoms with E-state index < -0.39 is 58.9 Å². The van der Waals surface area contributed by atoms with Crippen molar-refractivity contribution < 1.29 is 44.0 Å². The molecule has 4 aliphatic carbocycles. The molecule has 0 aliphatic heterocycles. The Morgan fingerprint density at radius 1 is 0.982 bits per heavy atom. The summed E-state index contributed by atoms with van der Waals surface area (Å²) in [5.74, 6) is -2.72. The van der Waals surface area contributed by atoms with Crippen LogP contribution in [0.4, 0.5) is 5.69 Å². The number of nitrogens with two attached hydrogens (primary N) is 1. The molecule has 0 bridgehead atoms. The molecular formula is C45H53N3O9. The van der Waals surface area contributed by atoms with Crippen LogP contribution in [0.15, 0.2) is 84.7 Å². The van der Waals surface area contributed by atoms with E-state index in [0.29, 0.717) is 18.5 Å². The zero-order valence-corrected chi connectivity index (χ0v) is 32.6. The number of benzene rings is 2. The van der Waals surface area contributed by atoms with E-state index in [0.717, 1.165) is 40.3 Å². The first-order chi connectivity index (χ1) is 27.3. The molecule has 1 heterocycles. The molecule has 6 N–H and O–H groups in total. The number of aliphatic hydroxyl groups excluding tert-OH is 2. The molecule has 3 saturated carbocycles. The summed E-state index contributed by atoms with van der Waals surface area (Å²) in [6, 6.07) is 14.9. The van der Waals surface area contributed by atoms with E-state index in [9.17, 15) is 34.5 Å². The highest BCUT2D eigenvalue weighted by molar-refractivity contribution is 5.98. The molecule has 57 heavy (non-hydrogen) atoms. The van der Waals surface area contributed by atoms with Gasteiger partial charge in [-0.15, -0.1) is 0 Å². The average Bonchev–Trinajstić information content (AvgIpc) is 3.47. The van der Waals surface area contributed by atoms with Crippen molar-refractivity contribution in [3.63, 3.8) is 0 Å². The van der Waals surface area contributed by atoms with Crippen molar-refractivity contribution in [1.82, 2.24) is 4.98 Å². The van der Waals surface area contributed by atoms with E-state index in [2.05, 4.69) is 17.2 Å². The van der Waals surface area contributed by atoms with E-state index in [-0.39, 0.29) is 62.5 Å². The van der Waals surface area contributed by atoms with Crippen molar-refractivity contribution in [2.75, 3.05) is 25.1 Å². The van der Waals surface area contributed by atoms with Crippen molar-refractivity contribution in [3.05, 3.63) is 95.9 Å². The highest BCUT2D eigenvalue weighted by Crippen LogP contribution is 2.67. The molecule has 1 aromatic heterocycles. The van der Waals surface area contributed by atoms with Crippen LogP contribution in [0.5, 0.6) is 0 Å². The number of nitrogens with zero attached hydrogens (tertiary/aromatic N) is 1. The lowest BCUT2D eigenvalue weighted by Crippen LogP contribution is -2.61. The fourth-order valence-electron chi connectivity index (χ4n) is 10.5. The third kappa shape index (κ3) is 7.80. The quantitative estimate of drug-likeness (QED) is 0.119. The van der Waals surface area contributed by atoms with E-state index in [1.807, 2.05) is 67.6 Å². The predicted octanol–water partition coefficient (Wildman–Crippen LogP) is 4.70. The highest BCUT2D eigenvalue weighted by atomic mass is 16.5. The van der Waals surface area contributed by atoms with Crippen LogP contribution in [-0.4, -0.2) is 81.5 Å². The number of anilines is 1. The molecule has 2 unspecified atom stereocenters. The standard InChI is InChI=1S/C45H53N3O9/c1-43-17-13-33(49)22-31(43)8-10-34-36-14-18-45(55,44(36,2)23-37(50)41(34)43)38(51)26-57-40(53)12-11-39(52)56-20-16-27-3-5-28(6-4-27)35(24-46)42(54)48-32-9-7-30-25-47-19-15-29(30)21-32/h3-7,9,13,15,17,19,21-22,25,33-37,41,49-50,55H,8,10-12,14,16,18,20,23-24,26,46H2,1-2H3,(H,48,54)/t33?,34-,35?,36-,37-,41+,43-,44-,45-/m0/s1. The Bertz CT molecular complexity index is 2080. The first-order valence-electron chi connectivity index (χ1n) is 20.0. The molecule has 4 aliphatic rings. The van der Waals surface area contributed by atoms with Crippen molar-refractivity contribution in [1.29, 1.82) is 0 Å². The van der Waals surface area contributed by atoms with Gasteiger partial charge in [-0.3, -0.25) is 24.2 Å². The van der Waals surface area contributed by atoms with Gasteiger partial charge in [-0.2, -0.15) is 0 Å². The number of ketones is 1. The number of carbonyl (C=O) groups excluding carboxylic acids is 4. The summed E-state index contributed by atoms with van der Waals surface area (Å²) in [6.45, 7) is 3.57. The van der Waals surface area contributed by atoms with E-state index in [4.69, 9.17) is 15.2 Å².